The Balaban J connectivity index is 2.57. The van der Waals surface area contributed by atoms with Gasteiger partial charge in [0, 0.05) is 0 Å². The molecule has 2 rings (SSSR count). The van der Waals surface area contributed by atoms with Crippen molar-refractivity contribution in [2.45, 2.75) is 43.0 Å². The van der Waals surface area contributed by atoms with E-state index in [1.807, 2.05) is 6.07 Å². The summed E-state index contributed by atoms with van der Waals surface area (Å²) in [6, 6.07) is 3.81. The predicted octanol–water partition coefficient (Wildman–Crippen LogP) is 0.940. The van der Waals surface area contributed by atoms with Crippen LogP contribution < -0.4 is 21.2 Å². The maximum atomic E-state index is 11.0. The second kappa shape index (κ2) is 5.65. The van der Waals surface area contributed by atoms with Gasteiger partial charge in [0.05, 0.1) is 0 Å². The molecule has 0 spiro atoms. The number of rotatable bonds is 2. The molecule has 19 heavy (non-hydrogen) atoms. The number of carbonyl (C=O) groups excluding carboxylic acids is 1. The molecule has 1 heterocycles. The SMILES string of the molecule is CC(C)(C)c1c(C2CCC=C[I-]2)ccc(C=O)c1O. The molecule has 0 aromatic heterocycles. The molecule has 1 aliphatic heterocycles. The number of halogens is 1. The normalized spacial score (nSPS) is 19.8. The number of aldehydes is 1. The number of hydrogen-bond donors (Lipinski definition) is 1. The number of aromatic hydroxyl groups is 1. The predicted molar refractivity (Wildman–Crippen MR) is 73.3 cm³/mol. The third kappa shape index (κ3) is 3.02. The van der Waals surface area contributed by atoms with Crippen LogP contribution in [0.4, 0.5) is 0 Å². The van der Waals surface area contributed by atoms with E-state index in [2.05, 4.69) is 30.9 Å². The van der Waals surface area contributed by atoms with Crippen LogP contribution in [0.2, 0.25) is 0 Å². The third-order valence-electron chi connectivity index (χ3n) is 3.36. The summed E-state index contributed by atoms with van der Waals surface area (Å²) in [5.41, 5.74) is 2.45. The standard InChI is InChI=1S/C16H20IO2/c1-16(2,3)14-12(13-6-4-5-9-17-13)8-7-11(10-18)15(14)19/h5,7-10,13,19H,4,6H2,1-3H3/q-1. The Morgan fingerprint density at radius 1 is 1.37 bits per heavy atom. The van der Waals surface area contributed by atoms with Gasteiger partial charge in [0.1, 0.15) is 0 Å². The molecule has 1 aromatic rings. The summed E-state index contributed by atoms with van der Waals surface area (Å²) in [5, 5.41) is 10.4. The molecule has 0 saturated heterocycles. The van der Waals surface area contributed by atoms with Gasteiger partial charge in [0.15, 0.2) is 0 Å². The van der Waals surface area contributed by atoms with E-state index in [1.165, 1.54) is 5.56 Å². The average molecular weight is 371 g/mol. The first-order chi connectivity index (χ1) is 8.95. The molecular formula is C16H20IO2-. The van der Waals surface area contributed by atoms with Crippen molar-refractivity contribution >= 4 is 6.29 Å². The zero-order valence-electron chi connectivity index (χ0n) is 11.6. The molecule has 0 bridgehead atoms. The second-order valence-electron chi connectivity index (χ2n) is 5.87. The zero-order valence-corrected chi connectivity index (χ0v) is 13.8. The Labute approximate surface area is 125 Å². The van der Waals surface area contributed by atoms with Crippen LogP contribution in [-0.2, 0) is 5.41 Å². The van der Waals surface area contributed by atoms with Crippen LogP contribution >= 0.6 is 0 Å². The number of alkyl halides is 1. The molecule has 3 heteroatoms. The molecule has 0 aliphatic carbocycles. The van der Waals surface area contributed by atoms with Gasteiger partial charge < -0.3 is 0 Å². The first-order valence-electron chi connectivity index (χ1n) is 6.53. The zero-order chi connectivity index (χ0) is 14.0. The topological polar surface area (TPSA) is 37.3 Å². The molecule has 0 fully saturated rings. The molecular weight excluding hydrogens is 351 g/mol. The van der Waals surface area contributed by atoms with Gasteiger partial charge in [-0.15, -0.1) is 0 Å². The van der Waals surface area contributed by atoms with Crippen molar-refractivity contribution in [3.05, 3.63) is 39.0 Å². The molecule has 1 N–H and O–H groups in total. The van der Waals surface area contributed by atoms with Crippen LogP contribution in [0.25, 0.3) is 0 Å². The Hall–Kier alpha value is -0.840. The summed E-state index contributed by atoms with van der Waals surface area (Å²) in [4.78, 5) is 11.0. The van der Waals surface area contributed by atoms with Crippen LogP contribution in [0, 0.1) is 0 Å². The molecule has 0 radical (unpaired) electrons. The van der Waals surface area contributed by atoms with Gasteiger partial charge in [0.2, 0.25) is 0 Å². The Kier molecular flexibility index (Phi) is 4.33. The summed E-state index contributed by atoms with van der Waals surface area (Å²) >= 11 is -0.00211. The van der Waals surface area contributed by atoms with Gasteiger partial charge in [0.25, 0.3) is 0 Å². The van der Waals surface area contributed by atoms with Crippen molar-refractivity contribution in [2.75, 3.05) is 0 Å². The van der Waals surface area contributed by atoms with Crippen LogP contribution in [0.1, 0.15) is 59.0 Å². The molecule has 0 saturated carbocycles. The fourth-order valence-corrected chi connectivity index (χ4v) is 5.28. The summed E-state index contributed by atoms with van der Waals surface area (Å²) in [5.74, 6) is 0.179. The monoisotopic (exact) mass is 371 g/mol. The van der Waals surface area contributed by atoms with E-state index in [4.69, 9.17) is 0 Å². The van der Waals surface area contributed by atoms with Gasteiger partial charge in [-0.25, -0.2) is 0 Å². The molecule has 1 atom stereocenters. The number of allylic oxidation sites excluding steroid dienone is 1. The molecule has 1 aromatic carbocycles. The number of carbonyl (C=O) groups is 1. The molecule has 104 valence electrons. The van der Waals surface area contributed by atoms with Gasteiger partial charge in [-0.1, -0.05) is 0 Å². The second-order valence-corrected chi connectivity index (χ2v) is 8.81. The van der Waals surface area contributed by atoms with Crippen molar-refractivity contribution in [3.63, 3.8) is 0 Å². The van der Waals surface area contributed by atoms with E-state index in [0.29, 0.717) is 9.49 Å². The number of phenolic OH excluding ortho intramolecular Hbond substituents is 1. The quantitative estimate of drug-likeness (QED) is 0.478. The fraction of sp³-hybridized carbons (Fsp3) is 0.438. The van der Waals surface area contributed by atoms with Crippen LogP contribution in [0.5, 0.6) is 5.75 Å². The van der Waals surface area contributed by atoms with Gasteiger partial charge in [-0.3, -0.25) is 0 Å². The third-order valence-corrected chi connectivity index (χ3v) is 6.44. The fourth-order valence-electron chi connectivity index (χ4n) is 2.50. The van der Waals surface area contributed by atoms with Gasteiger partial charge in [-0.2, -0.15) is 0 Å². The average Bonchev–Trinajstić information content (AvgIpc) is 2.38. The first kappa shape index (κ1) is 14.6. The van der Waals surface area contributed by atoms with E-state index in [1.54, 1.807) is 6.07 Å². The Bertz CT molecular complexity index is 512. The van der Waals surface area contributed by atoms with E-state index in [9.17, 15) is 9.90 Å². The van der Waals surface area contributed by atoms with Crippen molar-refractivity contribution in [2.24, 2.45) is 0 Å². The van der Waals surface area contributed by atoms with Gasteiger partial charge >= 0.3 is 125 Å². The summed E-state index contributed by atoms with van der Waals surface area (Å²) < 4.78 is 2.88. The van der Waals surface area contributed by atoms with Crippen LogP contribution in [0.15, 0.2) is 22.3 Å². The summed E-state index contributed by atoms with van der Waals surface area (Å²) in [6.45, 7) is 6.28. The van der Waals surface area contributed by atoms with Crippen molar-refractivity contribution in [3.8, 4) is 5.75 Å². The van der Waals surface area contributed by atoms with Crippen LogP contribution in [0.3, 0.4) is 0 Å². The van der Waals surface area contributed by atoms with Crippen molar-refractivity contribution in [1.29, 1.82) is 0 Å². The van der Waals surface area contributed by atoms with Crippen molar-refractivity contribution < 1.29 is 31.1 Å². The Morgan fingerprint density at radius 2 is 2.11 bits per heavy atom. The maximum absolute atomic E-state index is 11.0. The Morgan fingerprint density at radius 3 is 2.63 bits per heavy atom. The van der Waals surface area contributed by atoms with E-state index < -0.39 is 0 Å². The van der Waals surface area contributed by atoms with Crippen LogP contribution in [-0.4, -0.2) is 11.4 Å². The summed E-state index contributed by atoms with van der Waals surface area (Å²) in [7, 11) is 0. The van der Waals surface area contributed by atoms with E-state index in [0.717, 1.165) is 24.7 Å². The van der Waals surface area contributed by atoms with Gasteiger partial charge in [-0.05, 0) is 0 Å². The number of benzene rings is 1. The van der Waals surface area contributed by atoms with Crippen molar-refractivity contribution in [1.82, 2.24) is 0 Å². The number of hydrogen-bond acceptors (Lipinski definition) is 2. The van der Waals surface area contributed by atoms with E-state index >= 15 is 0 Å². The molecule has 1 aliphatic rings. The molecule has 0 amide bonds. The molecule has 1 unspecified atom stereocenters. The van der Waals surface area contributed by atoms with E-state index in [-0.39, 0.29) is 32.4 Å². The first-order valence-corrected chi connectivity index (χ1v) is 9.02. The number of phenols is 1. The minimum absolute atomic E-state index is 0.00211. The summed E-state index contributed by atoms with van der Waals surface area (Å²) in [6.07, 6.45) is 5.28. The molecule has 2 nitrogen and oxygen atoms in total. The minimum atomic E-state index is -0.149.